The van der Waals surface area contributed by atoms with Crippen LogP contribution >= 0.6 is 24.0 Å². The highest BCUT2D eigenvalue weighted by Gasteiger charge is 2.08. The van der Waals surface area contributed by atoms with Crippen LogP contribution in [0.25, 0.3) is 17.1 Å². The number of halogens is 1. The molecule has 3 aromatic heterocycles. The van der Waals surface area contributed by atoms with E-state index < -0.39 is 0 Å². The van der Waals surface area contributed by atoms with Crippen LogP contribution < -0.4 is 10.6 Å². The molecule has 0 bridgehead atoms. The van der Waals surface area contributed by atoms with Gasteiger partial charge in [0.05, 0.1) is 13.1 Å². The van der Waals surface area contributed by atoms with Crippen molar-refractivity contribution in [2.45, 2.75) is 26.9 Å². The lowest BCUT2D eigenvalue weighted by Gasteiger charge is -2.10. The zero-order valence-corrected chi connectivity index (χ0v) is 19.2. The van der Waals surface area contributed by atoms with Crippen molar-refractivity contribution in [3.05, 3.63) is 72.0 Å². The summed E-state index contributed by atoms with van der Waals surface area (Å²) >= 11 is 0. The summed E-state index contributed by atoms with van der Waals surface area (Å²) in [6.07, 6.45) is 3.59. The number of rotatable bonds is 6. The Bertz CT molecular complexity index is 1120. The fourth-order valence-electron chi connectivity index (χ4n) is 2.88. The average molecular weight is 517 g/mol. The van der Waals surface area contributed by atoms with Gasteiger partial charge < -0.3 is 15.1 Å². The molecule has 2 N–H and O–H groups in total. The zero-order chi connectivity index (χ0) is 20.1. The Morgan fingerprint density at radius 3 is 2.73 bits per heavy atom. The van der Waals surface area contributed by atoms with Gasteiger partial charge in [-0.15, -0.1) is 34.2 Å². The second-order valence-corrected chi connectivity index (χ2v) is 6.60. The number of aryl methyl sites for hydroxylation is 1. The van der Waals surface area contributed by atoms with Crippen molar-refractivity contribution in [1.82, 2.24) is 30.2 Å². The summed E-state index contributed by atoms with van der Waals surface area (Å²) in [6, 6.07) is 13.9. The zero-order valence-electron chi connectivity index (χ0n) is 16.9. The second-order valence-electron chi connectivity index (χ2n) is 6.60. The van der Waals surface area contributed by atoms with Gasteiger partial charge >= 0.3 is 0 Å². The topological polar surface area (TPSA) is 92.6 Å². The van der Waals surface area contributed by atoms with E-state index in [4.69, 9.17) is 4.42 Å². The van der Waals surface area contributed by atoms with Crippen molar-refractivity contribution in [2.24, 2.45) is 4.99 Å². The Labute approximate surface area is 191 Å². The first-order chi connectivity index (χ1) is 14.2. The van der Waals surface area contributed by atoms with Crippen molar-refractivity contribution in [2.75, 3.05) is 6.54 Å². The predicted octanol–water partition coefficient (Wildman–Crippen LogP) is 3.57. The highest BCUT2D eigenvalue weighted by molar-refractivity contribution is 14.0. The molecule has 4 rings (SSSR count). The maximum atomic E-state index is 5.61. The average Bonchev–Trinajstić information content (AvgIpc) is 3.38. The van der Waals surface area contributed by atoms with Gasteiger partial charge in [-0.2, -0.15) is 0 Å². The lowest BCUT2D eigenvalue weighted by molar-refractivity contribution is 0.572. The Balaban J connectivity index is 0.00000256. The molecular weight excluding hydrogens is 493 g/mol. The Kier molecular flexibility index (Phi) is 7.39. The summed E-state index contributed by atoms with van der Waals surface area (Å²) in [6.45, 7) is 5.74. The molecule has 3 heterocycles. The minimum absolute atomic E-state index is 0. The van der Waals surface area contributed by atoms with Crippen molar-refractivity contribution in [3.8, 4) is 11.5 Å². The Morgan fingerprint density at radius 2 is 1.93 bits per heavy atom. The molecule has 0 radical (unpaired) electrons. The van der Waals surface area contributed by atoms with Crippen LogP contribution in [0.5, 0.6) is 0 Å². The molecule has 0 saturated heterocycles. The third kappa shape index (κ3) is 5.15. The van der Waals surface area contributed by atoms with Gasteiger partial charge in [-0.3, -0.25) is 4.40 Å². The predicted molar refractivity (Wildman–Crippen MR) is 127 cm³/mol. The minimum Gasteiger partial charge on any atom is -0.444 e. The van der Waals surface area contributed by atoms with Crippen LogP contribution in [0.3, 0.4) is 0 Å². The van der Waals surface area contributed by atoms with Gasteiger partial charge in [-0.25, -0.2) is 9.98 Å². The van der Waals surface area contributed by atoms with E-state index >= 15 is 0 Å². The fourth-order valence-corrected chi connectivity index (χ4v) is 2.88. The largest absolute Gasteiger partial charge is 0.444 e. The molecule has 0 aliphatic rings. The monoisotopic (exact) mass is 517 g/mol. The van der Waals surface area contributed by atoms with Gasteiger partial charge in [0.25, 0.3) is 0 Å². The summed E-state index contributed by atoms with van der Waals surface area (Å²) in [4.78, 5) is 9.14. The summed E-state index contributed by atoms with van der Waals surface area (Å²) in [5.41, 5.74) is 3.74. The molecule has 0 unspecified atom stereocenters. The third-order valence-corrected chi connectivity index (χ3v) is 4.39. The van der Waals surface area contributed by atoms with Crippen LogP contribution in [-0.2, 0) is 13.1 Å². The van der Waals surface area contributed by atoms with Gasteiger partial charge in [0, 0.05) is 18.3 Å². The van der Waals surface area contributed by atoms with E-state index in [0.717, 1.165) is 29.3 Å². The normalized spacial score (nSPS) is 11.3. The maximum Gasteiger partial charge on any atom is 0.226 e. The molecule has 0 saturated carbocycles. The standard InChI is InChI=1S/C21H23N7O.HI/c1-3-22-21(24-13-19-27-26-18-6-4-5-11-28(18)19)23-12-17-14-29-20(25-17)16-9-7-15(2)8-10-16;/h4-11,14H,3,12-13H2,1-2H3,(H2,22,23,24);1H. The molecule has 156 valence electrons. The van der Waals surface area contributed by atoms with E-state index in [9.17, 15) is 0 Å². The molecule has 0 fully saturated rings. The van der Waals surface area contributed by atoms with Crippen molar-refractivity contribution < 1.29 is 4.42 Å². The smallest absolute Gasteiger partial charge is 0.226 e. The molecule has 0 spiro atoms. The molecule has 4 aromatic rings. The highest BCUT2D eigenvalue weighted by atomic mass is 127. The molecule has 8 nitrogen and oxygen atoms in total. The van der Waals surface area contributed by atoms with E-state index in [1.54, 1.807) is 6.26 Å². The van der Waals surface area contributed by atoms with Crippen LogP contribution in [0.1, 0.15) is 24.0 Å². The molecule has 0 atom stereocenters. The van der Waals surface area contributed by atoms with E-state index in [0.29, 0.717) is 24.9 Å². The fraction of sp³-hybridized carbons (Fsp3) is 0.238. The van der Waals surface area contributed by atoms with Gasteiger partial charge in [0.15, 0.2) is 17.4 Å². The molecular formula is C21H24IN7O. The van der Waals surface area contributed by atoms with Crippen LogP contribution in [0.2, 0.25) is 0 Å². The molecule has 30 heavy (non-hydrogen) atoms. The molecule has 0 amide bonds. The summed E-state index contributed by atoms with van der Waals surface area (Å²) in [5, 5.41) is 14.9. The number of hydrogen-bond donors (Lipinski definition) is 2. The number of pyridine rings is 1. The first kappa shape index (κ1) is 21.8. The van der Waals surface area contributed by atoms with Gasteiger partial charge in [0.1, 0.15) is 12.0 Å². The van der Waals surface area contributed by atoms with Gasteiger partial charge in [-0.05, 0) is 38.1 Å². The van der Waals surface area contributed by atoms with Crippen LogP contribution in [0.15, 0.2) is 64.3 Å². The number of oxazole rings is 1. The minimum atomic E-state index is 0. The van der Waals surface area contributed by atoms with Crippen LogP contribution in [0.4, 0.5) is 0 Å². The number of benzene rings is 1. The maximum absolute atomic E-state index is 5.61. The first-order valence-corrected chi connectivity index (χ1v) is 9.55. The summed E-state index contributed by atoms with van der Waals surface area (Å²) in [5.74, 6) is 2.09. The summed E-state index contributed by atoms with van der Waals surface area (Å²) < 4.78 is 7.55. The molecule has 0 aliphatic heterocycles. The molecule has 1 aromatic carbocycles. The second kappa shape index (κ2) is 10.2. The number of nitrogens with one attached hydrogen (secondary N) is 2. The van der Waals surface area contributed by atoms with Gasteiger partial charge in [-0.1, -0.05) is 23.8 Å². The first-order valence-electron chi connectivity index (χ1n) is 9.55. The van der Waals surface area contributed by atoms with E-state index in [2.05, 4.69) is 37.7 Å². The van der Waals surface area contributed by atoms with E-state index in [1.165, 1.54) is 5.56 Å². The number of aliphatic imine (C=N–C) groups is 1. The van der Waals surface area contributed by atoms with Crippen molar-refractivity contribution >= 4 is 35.6 Å². The highest BCUT2D eigenvalue weighted by Crippen LogP contribution is 2.19. The SMILES string of the molecule is CCNC(=NCc1coc(-c2ccc(C)cc2)n1)NCc1nnc2ccccn12.I. The number of fused-ring (bicyclic) bond motifs is 1. The number of aromatic nitrogens is 4. The van der Waals surface area contributed by atoms with E-state index in [1.807, 2.05) is 60.0 Å². The van der Waals surface area contributed by atoms with Crippen LogP contribution in [-0.4, -0.2) is 32.1 Å². The Hall–Kier alpha value is -2.95. The Morgan fingerprint density at radius 1 is 1.10 bits per heavy atom. The van der Waals surface area contributed by atoms with Gasteiger partial charge in [0.2, 0.25) is 5.89 Å². The van der Waals surface area contributed by atoms with E-state index in [-0.39, 0.29) is 24.0 Å². The van der Waals surface area contributed by atoms with Crippen LogP contribution in [0, 0.1) is 6.92 Å². The molecule has 9 heteroatoms. The lowest BCUT2D eigenvalue weighted by atomic mass is 10.1. The number of hydrogen-bond acceptors (Lipinski definition) is 5. The molecule has 0 aliphatic carbocycles. The van der Waals surface area contributed by atoms with Crippen molar-refractivity contribution in [1.29, 1.82) is 0 Å². The quantitative estimate of drug-likeness (QED) is 0.231. The van der Waals surface area contributed by atoms with Crippen molar-refractivity contribution in [3.63, 3.8) is 0 Å². The third-order valence-electron chi connectivity index (χ3n) is 4.39. The number of guanidine groups is 1. The lowest BCUT2D eigenvalue weighted by Crippen LogP contribution is -2.37. The number of nitrogens with zero attached hydrogens (tertiary/aromatic N) is 5. The summed E-state index contributed by atoms with van der Waals surface area (Å²) in [7, 11) is 0.